The molecule has 0 aliphatic heterocycles. The van der Waals surface area contributed by atoms with Crippen LogP contribution in [0.3, 0.4) is 0 Å². The lowest BCUT2D eigenvalue weighted by Crippen LogP contribution is -2.54. The number of rotatable bonds is 9. The first-order chi connectivity index (χ1) is 17.1. The zero-order valence-electron chi connectivity index (χ0n) is 20.6. The molecule has 1 N–H and O–H groups in total. The van der Waals surface area contributed by atoms with E-state index in [9.17, 15) is 18.0 Å². The highest BCUT2D eigenvalue weighted by Crippen LogP contribution is 2.21. The van der Waals surface area contributed by atoms with Gasteiger partial charge in [-0.2, -0.15) is 9.98 Å². The molecule has 9 heteroatoms. The first kappa shape index (κ1) is 26.9. The third kappa shape index (κ3) is 6.08. The topological polar surface area (TPSA) is 117 Å². The number of nitrogens with one attached hydrogen (secondary N) is 1. The van der Waals surface area contributed by atoms with Crippen LogP contribution in [0.1, 0.15) is 25.0 Å². The van der Waals surface area contributed by atoms with Gasteiger partial charge in [-0.25, -0.2) is 13.2 Å². The van der Waals surface area contributed by atoms with Crippen LogP contribution >= 0.6 is 0 Å². The second kappa shape index (κ2) is 11.3. The minimum Gasteiger partial charge on any atom is -0.467 e. The number of carbonyl (C=O) groups excluding carboxylic acids is 2. The first-order valence-corrected chi connectivity index (χ1v) is 12.9. The Morgan fingerprint density at radius 1 is 1.03 bits per heavy atom. The molecule has 0 saturated carbocycles. The summed E-state index contributed by atoms with van der Waals surface area (Å²) in [6, 6.07) is 18.6. The van der Waals surface area contributed by atoms with E-state index in [4.69, 9.17) is 10.00 Å². The molecule has 3 rings (SSSR count). The zero-order chi connectivity index (χ0) is 26.5. The maximum atomic E-state index is 13.6. The van der Waals surface area contributed by atoms with Gasteiger partial charge in [-0.15, -0.1) is 0 Å². The van der Waals surface area contributed by atoms with Gasteiger partial charge >= 0.3 is 5.97 Å². The molecular formula is C27H29N3O5S. The van der Waals surface area contributed by atoms with Gasteiger partial charge in [-0.3, -0.25) is 4.79 Å². The third-order valence-corrected chi connectivity index (χ3v) is 7.46. The Bertz CT molecular complexity index is 1390. The van der Waals surface area contributed by atoms with Crippen molar-refractivity contribution in [2.24, 2.45) is 5.92 Å². The van der Waals surface area contributed by atoms with Gasteiger partial charge in [0.25, 0.3) is 0 Å². The van der Waals surface area contributed by atoms with Crippen LogP contribution < -0.4 is 4.72 Å². The lowest BCUT2D eigenvalue weighted by molar-refractivity contribution is -0.154. The average molecular weight is 508 g/mol. The third-order valence-electron chi connectivity index (χ3n) is 5.99. The fourth-order valence-corrected chi connectivity index (χ4v) is 5.33. The summed E-state index contributed by atoms with van der Waals surface area (Å²) in [5.41, 5.74) is 1.10. The lowest BCUT2D eigenvalue weighted by atomic mass is 10.00. The molecule has 0 radical (unpaired) electrons. The Kier molecular flexibility index (Phi) is 8.45. The molecule has 0 aromatic heterocycles. The molecule has 3 aromatic carbocycles. The maximum absolute atomic E-state index is 13.6. The Hall–Kier alpha value is -3.74. The molecule has 2 atom stereocenters. The summed E-state index contributed by atoms with van der Waals surface area (Å²) < 4.78 is 34.2. The summed E-state index contributed by atoms with van der Waals surface area (Å²) in [5, 5.41) is 10.7. The van der Waals surface area contributed by atoms with Crippen molar-refractivity contribution < 1.29 is 22.7 Å². The Morgan fingerprint density at radius 2 is 1.67 bits per heavy atom. The van der Waals surface area contributed by atoms with Crippen LogP contribution in [0.25, 0.3) is 10.8 Å². The fraction of sp³-hybridized carbons (Fsp3) is 0.296. The van der Waals surface area contributed by atoms with Crippen LogP contribution in [-0.2, 0) is 30.8 Å². The Morgan fingerprint density at radius 3 is 2.25 bits per heavy atom. The number of benzene rings is 3. The van der Waals surface area contributed by atoms with Gasteiger partial charge in [-0.1, -0.05) is 56.3 Å². The van der Waals surface area contributed by atoms with E-state index >= 15 is 0 Å². The summed E-state index contributed by atoms with van der Waals surface area (Å²) >= 11 is 0. The summed E-state index contributed by atoms with van der Waals surface area (Å²) in [6.45, 7) is 3.56. The van der Waals surface area contributed by atoms with E-state index in [-0.39, 0.29) is 17.2 Å². The first-order valence-electron chi connectivity index (χ1n) is 11.4. The van der Waals surface area contributed by atoms with Crippen LogP contribution in [0.15, 0.2) is 71.6 Å². The predicted octanol–water partition coefficient (Wildman–Crippen LogP) is 3.26. The summed E-state index contributed by atoms with van der Waals surface area (Å²) in [5.74, 6) is -1.43. The van der Waals surface area contributed by atoms with Crippen LogP contribution in [-0.4, -0.2) is 51.4 Å². The van der Waals surface area contributed by atoms with E-state index in [2.05, 4.69) is 4.72 Å². The number of esters is 1. The van der Waals surface area contributed by atoms with Crippen molar-refractivity contribution in [2.75, 3.05) is 14.2 Å². The van der Waals surface area contributed by atoms with Gasteiger partial charge in [-0.05, 0) is 52.9 Å². The number of amides is 1. The highest BCUT2D eigenvalue weighted by Gasteiger charge is 2.36. The van der Waals surface area contributed by atoms with Gasteiger partial charge in [0.2, 0.25) is 15.9 Å². The minimum absolute atomic E-state index is 0.0215. The SMILES string of the molecule is COC(=O)[C@@H](C(C)C)N(C)C(=O)[C@H](Cc1ccc(C#N)cc1)NS(=O)(=O)c1ccc2ccccc2c1. The molecule has 0 saturated heterocycles. The largest absolute Gasteiger partial charge is 0.467 e. The van der Waals surface area contributed by atoms with Crippen LogP contribution in [0.5, 0.6) is 0 Å². The summed E-state index contributed by atoms with van der Waals surface area (Å²) in [6.07, 6.45) is 0.0215. The number of methoxy groups -OCH3 is 1. The normalized spacial score (nSPS) is 13.1. The number of ether oxygens (including phenoxy) is 1. The maximum Gasteiger partial charge on any atom is 0.328 e. The highest BCUT2D eigenvalue weighted by atomic mass is 32.2. The summed E-state index contributed by atoms with van der Waals surface area (Å²) in [7, 11) is -1.40. The van der Waals surface area contributed by atoms with E-state index in [1.807, 2.05) is 30.3 Å². The molecule has 0 aliphatic carbocycles. The van der Waals surface area contributed by atoms with Crippen LogP contribution in [0.2, 0.25) is 0 Å². The number of nitrogens with zero attached hydrogens (tertiary/aromatic N) is 2. The standard InChI is InChI=1S/C27H29N3O5S/c1-18(2)25(27(32)35-4)30(3)26(31)24(15-19-9-11-20(17-28)12-10-19)29-36(33,34)23-14-13-21-7-5-6-8-22(21)16-23/h5-14,16,18,24-25,29H,15H2,1-4H3/t24-,25+/m0/s1. The molecule has 0 aliphatic rings. The molecule has 36 heavy (non-hydrogen) atoms. The predicted molar refractivity (Wildman–Crippen MR) is 136 cm³/mol. The molecule has 3 aromatic rings. The van der Waals surface area contributed by atoms with Crippen molar-refractivity contribution in [3.8, 4) is 6.07 Å². The van der Waals surface area contributed by atoms with Crippen molar-refractivity contribution in [3.05, 3.63) is 77.9 Å². The Labute approximate surface area is 211 Å². The van der Waals surface area contributed by atoms with Crippen molar-refractivity contribution in [1.29, 1.82) is 5.26 Å². The number of likely N-dealkylation sites (N-methyl/N-ethyl adjacent to an activating group) is 1. The van der Waals surface area contributed by atoms with E-state index in [1.54, 1.807) is 50.2 Å². The van der Waals surface area contributed by atoms with Crippen molar-refractivity contribution in [2.45, 2.75) is 37.2 Å². The fourth-order valence-electron chi connectivity index (χ4n) is 4.10. The molecule has 0 spiro atoms. The number of nitriles is 1. The number of sulfonamides is 1. The number of carbonyl (C=O) groups is 2. The highest BCUT2D eigenvalue weighted by molar-refractivity contribution is 7.89. The molecule has 8 nitrogen and oxygen atoms in total. The van der Waals surface area contributed by atoms with Crippen LogP contribution in [0, 0.1) is 17.2 Å². The van der Waals surface area contributed by atoms with Crippen molar-refractivity contribution >= 4 is 32.7 Å². The molecule has 0 bridgehead atoms. The number of hydrogen-bond acceptors (Lipinski definition) is 6. The smallest absolute Gasteiger partial charge is 0.328 e. The summed E-state index contributed by atoms with van der Waals surface area (Å²) in [4.78, 5) is 27.2. The van der Waals surface area contributed by atoms with Gasteiger partial charge in [0.1, 0.15) is 12.1 Å². The second-order valence-corrected chi connectivity index (χ2v) is 10.6. The lowest BCUT2D eigenvalue weighted by Gasteiger charge is -2.32. The zero-order valence-corrected chi connectivity index (χ0v) is 21.5. The van der Waals surface area contributed by atoms with Gasteiger partial charge in [0.15, 0.2) is 0 Å². The molecule has 0 fully saturated rings. The van der Waals surface area contributed by atoms with Gasteiger partial charge in [0.05, 0.1) is 23.6 Å². The van der Waals surface area contributed by atoms with E-state index in [1.165, 1.54) is 25.1 Å². The van der Waals surface area contributed by atoms with Crippen molar-refractivity contribution in [1.82, 2.24) is 9.62 Å². The van der Waals surface area contributed by atoms with E-state index in [0.29, 0.717) is 11.1 Å². The molecule has 1 amide bonds. The molecule has 0 heterocycles. The van der Waals surface area contributed by atoms with E-state index in [0.717, 1.165) is 10.8 Å². The monoisotopic (exact) mass is 507 g/mol. The molecule has 0 unspecified atom stereocenters. The van der Waals surface area contributed by atoms with Crippen molar-refractivity contribution in [3.63, 3.8) is 0 Å². The number of fused-ring (bicyclic) bond motifs is 1. The Balaban J connectivity index is 1.98. The van der Waals surface area contributed by atoms with Gasteiger partial charge < -0.3 is 9.64 Å². The molecule has 188 valence electrons. The molecular weight excluding hydrogens is 478 g/mol. The van der Waals surface area contributed by atoms with Crippen LogP contribution in [0.4, 0.5) is 0 Å². The average Bonchev–Trinajstić information content (AvgIpc) is 2.87. The van der Waals surface area contributed by atoms with E-state index < -0.39 is 34.0 Å². The number of hydrogen-bond donors (Lipinski definition) is 1. The minimum atomic E-state index is -4.10. The quantitative estimate of drug-likeness (QED) is 0.445. The second-order valence-electron chi connectivity index (χ2n) is 8.86. The van der Waals surface area contributed by atoms with Gasteiger partial charge in [0, 0.05) is 7.05 Å².